The fraction of sp³-hybridized carbons (Fsp3) is 0.294. The van der Waals surface area contributed by atoms with Gasteiger partial charge in [-0.1, -0.05) is 0 Å². The van der Waals surface area contributed by atoms with Crippen molar-refractivity contribution in [3.8, 4) is 0 Å². The molecule has 8 heteroatoms. The van der Waals surface area contributed by atoms with Gasteiger partial charge in [0.2, 0.25) is 5.95 Å². The fourth-order valence-electron chi connectivity index (χ4n) is 3.01. The van der Waals surface area contributed by atoms with E-state index in [2.05, 4.69) is 14.9 Å². The Morgan fingerprint density at radius 2 is 1.84 bits per heavy atom. The second kappa shape index (κ2) is 6.04. The highest BCUT2D eigenvalue weighted by Crippen LogP contribution is 2.17. The summed E-state index contributed by atoms with van der Waals surface area (Å²) in [6.45, 7) is 2.54. The normalized spacial score (nSPS) is 14.9. The highest BCUT2D eigenvalue weighted by molar-refractivity contribution is 5.97. The molecule has 3 heterocycles. The van der Waals surface area contributed by atoms with Gasteiger partial charge in [0.05, 0.1) is 5.52 Å². The summed E-state index contributed by atoms with van der Waals surface area (Å²) < 4.78 is 6.58. The van der Waals surface area contributed by atoms with Crippen LogP contribution in [0.2, 0.25) is 0 Å². The first kappa shape index (κ1) is 15.4. The van der Waals surface area contributed by atoms with E-state index in [-0.39, 0.29) is 5.91 Å². The van der Waals surface area contributed by atoms with Crippen LogP contribution >= 0.6 is 0 Å². The lowest BCUT2D eigenvalue weighted by Crippen LogP contribution is -2.49. The molecule has 25 heavy (non-hydrogen) atoms. The van der Waals surface area contributed by atoms with Gasteiger partial charge in [0.25, 0.3) is 5.91 Å². The lowest BCUT2D eigenvalue weighted by atomic mass is 10.1. The van der Waals surface area contributed by atoms with Gasteiger partial charge in [0.15, 0.2) is 5.58 Å². The molecule has 0 saturated carbocycles. The molecule has 128 valence electrons. The number of carbonyl (C=O) groups is 1. The topological polar surface area (TPSA) is 84.5 Å². The molecule has 0 unspecified atom stereocenters. The van der Waals surface area contributed by atoms with Gasteiger partial charge >= 0.3 is 5.76 Å². The smallest absolute Gasteiger partial charge is 0.408 e. The summed E-state index contributed by atoms with van der Waals surface area (Å²) in [4.78, 5) is 36.6. The maximum absolute atomic E-state index is 12.7. The summed E-state index contributed by atoms with van der Waals surface area (Å²) in [5, 5.41) is 0. The number of benzene rings is 1. The Morgan fingerprint density at radius 3 is 2.56 bits per heavy atom. The molecular weight excluding hydrogens is 322 g/mol. The number of hydrogen-bond donors (Lipinski definition) is 0. The average molecular weight is 339 g/mol. The predicted molar refractivity (Wildman–Crippen MR) is 91.6 cm³/mol. The predicted octanol–water partition coefficient (Wildman–Crippen LogP) is 0.884. The molecule has 0 radical (unpaired) electrons. The van der Waals surface area contributed by atoms with E-state index >= 15 is 0 Å². The summed E-state index contributed by atoms with van der Waals surface area (Å²) in [6.07, 6.45) is 3.42. The van der Waals surface area contributed by atoms with Crippen molar-refractivity contribution in [1.82, 2.24) is 19.4 Å². The highest BCUT2D eigenvalue weighted by Gasteiger charge is 2.24. The van der Waals surface area contributed by atoms with Crippen LogP contribution in [0.15, 0.2) is 45.9 Å². The quantitative estimate of drug-likeness (QED) is 0.689. The number of rotatable bonds is 2. The number of oxazole rings is 1. The Labute approximate surface area is 143 Å². The molecule has 8 nitrogen and oxygen atoms in total. The summed E-state index contributed by atoms with van der Waals surface area (Å²) in [5.41, 5.74) is 1.62. The number of hydrogen-bond acceptors (Lipinski definition) is 6. The maximum Gasteiger partial charge on any atom is 0.419 e. The van der Waals surface area contributed by atoms with Gasteiger partial charge < -0.3 is 14.2 Å². The van der Waals surface area contributed by atoms with E-state index in [1.54, 1.807) is 48.6 Å². The molecule has 0 N–H and O–H groups in total. The van der Waals surface area contributed by atoms with Gasteiger partial charge in [-0.3, -0.25) is 9.36 Å². The van der Waals surface area contributed by atoms with Gasteiger partial charge in [-0.15, -0.1) is 0 Å². The number of piperazine rings is 1. The second-order valence-corrected chi connectivity index (χ2v) is 5.94. The minimum atomic E-state index is -0.434. The minimum absolute atomic E-state index is 0.0676. The van der Waals surface area contributed by atoms with Crippen LogP contribution in [0.1, 0.15) is 10.4 Å². The van der Waals surface area contributed by atoms with Crippen molar-refractivity contribution in [2.75, 3.05) is 31.1 Å². The molecule has 1 fully saturated rings. The van der Waals surface area contributed by atoms with E-state index in [1.807, 2.05) is 0 Å². The maximum atomic E-state index is 12.7. The molecule has 0 aliphatic carbocycles. The van der Waals surface area contributed by atoms with Crippen molar-refractivity contribution in [1.29, 1.82) is 0 Å². The summed E-state index contributed by atoms with van der Waals surface area (Å²) >= 11 is 0. The van der Waals surface area contributed by atoms with Gasteiger partial charge in [-0.2, -0.15) is 0 Å². The number of amides is 1. The highest BCUT2D eigenvalue weighted by atomic mass is 16.4. The molecule has 1 aliphatic heterocycles. The molecule has 1 aliphatic rings. The van der Waals surface area contributed by atoms with Crippen molar-refractivity contribution in [2.45, 2.75) is 0 Å². The SMILES string of the molecule is Cn1c(=O)oc2cc(C(=O)N3CCN(c4ncccn4)CC3)ccc21. The third kappa shape index (κ3) is 2.75. The van der Waals surface area contributed by atoms with E-state index in [0.29, 0.717) is 48.8 Å². The van der Waals surface area contributed by atoms with Crippen molar-refractivity contribution in [3.63, 3.8) is 0 Å². The Hall–Kier alpha value is -3.16. The third-order valence-corrected chi connectivity index (χ3v) is 4.44. The first-order valence-corrected chi connectivity index (χ1v) is 8.04. The van der Waals surface area contributed by atoms with Crippen LogP contribution in [0.5, 0.6) is 0 Å². The van der Waals surface area contributed by atoms with Crippen LogP contribution in [-0.2, 0) is 7.05 Å². The van der Waals surface area contributed by atoms with E-state index in [4.69, 9.17) is 4.42 Å². The number of carbonyl (C=O) groups excluding carboxylic acids is 1. The van der Waals surface area contributed by atoms with E-state index in [0.717, 1.165) is 0 Å². The number of aromatic nitrogens is 3. The van der Waals surface area contributed by atoms with Crippen LogP contribution in [0, 0.1) is 0 Å². The fourth-order valence-corrected chi connectivity index (χ4v) is 3.01. The summed E-state index contributed by atoms with van der Waals surface area (Å²) in [6, 6.07) is 6.88. The van der Waals surface area contributed by atoms with Crippen LogP contribution < -0.4 is 10.7 Å². The molecule has 1 aromatic carbocycles. The Bertz CT molecular complexity index is 971. The molecule has 1 amide bonds. The van der Waals surface area contributed by atoms with Crippen LogP contribution in [0.3, 0.4) is 0 Å². The first-order chi connectivity index (χ1) is 12.1. The minimum Gasteiger partial charge on any atom is -0.408 e. The molecular formula is C17H17N5O3. The first-order valence-electron chi connectivity index (χ1n) is 8.04. The molecule has 0 spiro atoms. The van der Waals surface area contributed by atoms with Gasteiger partial charge in [-0.05, 0) is 24.3 Å². The number of fused-ring (bicyclic) bond motifs is 1. The van der Waals surface area contributed by atoms with Gasteiger partial charge in [0.1, 0.15) is 0 Å². The lowest BCUT2D eigenvalue weighted by Gasteiger charge is -2.34. The van der Waals surface area contributed by atoms with Crippen molar-refractivity contribution in [3.05, 3.63) is 52.8 Å². The number of anilines is 1. The molecule has 3 aromatic rings. The van der Waals surface area contributed by atoms with Gasteiger partial charge in [0, 0.05) is 51.2 Å². The zero-order valence-electron chi connectivity index (χ0n) is 13.8. The largest absolute Gasteiger partial charge is 0.419 e. The summed E-state index contributed by atoms with van der Waals surface area (Å²) in [5.74, 6) is 0.181. The molecule has 4 rings (SSSR count). The van der Waals surface area contributed by atoms with E-state index in [9.17, 15) is 9.59 Å². The molecule has 0 atom stereocenters. The standard InChI is InChI=1S/C17H17N5O3/c1-20-13-4-3-12(11-14(13)25-17(20)24)15(23)21-7-9-22(10-8-21)16-18-5-2-6-19-16/h2-6,11H,7-10H2,1H3. The Balaban J connectivity index is 1.50. The summed E-state index contributed by atoms with van der Waals surface area (Å²) in [7, 11) is 1.64. The zero-order valence-corrected chi connectivity index (χ0v) is 13.8. The Kier molecular flexibility index (Phi) is 3.72. The van der Waals surface area contributed by atoms with E-state index in [1.165, 1.54) is 4.57 Å². The molecule has 0 bridgehead atoms. The van der Waals surface area contributed by atoms with Crippen LogP contribution in [0.4, 0.5) is 5.95 Å². The van der Waals surface area contributed by atoms with Crippen molar-refractivity contribution in [2.24, 2.45) is 7.05 Å². The van der Waals surface area contributed by atoms with Crippen LogP contribution in [0.25, 0.3) is 11.1 Å². The van der Waals surface area contributed by atoms with E-state index < -0.39 is 5.76 Å². The molecule has 2 aromatic heterocycles. The Morgan fingerprint density at radius 1 is 1.12 bits per heavy atom. The van der Waals surface area contributed by atoms with Gasteiger partial charge in [-0.25, -0.2) is 14.8 Å². The zero-order chi connectivity index (χ0) is 17.4. The van der Waals surface area contributed by atoms with Crippen molar-refractivity contribution >= 4 is 23.0 Å². The number of nitrogens with zero attached hydrogens (tertiary/aromatic N) is 5. The average Bonchev–Trinajstić information content (AvgIpc) is 2.95. The number of aryl methyl sites for hydroxylation is 1. The lowest BCUT2D eigenvalue weighted by molar-refractivity contribution is 0.0746. The third-order valence-electron chi connectivity index (χ3n) is 4.44. The van der Waals surface area contributed by atoms with Crippen LogP contribution in [-0.4, -0.2) is 51.5 Å². The second-order valence-electron chi connectivity index (χ2n) is 5.94. The monoisotopic (exact) mass is 339 g/mol. The molecule has 1 saturated heterocycles. The van der Waals surface area contributed by atoms with Crippen molar-refractivity contribution < 1.29 is 9.21 Å².